The zero-order chi connectivity index (χ0) is 9.28. The van der Waals surface area contributed by atoms with Gasteiger partial charge in [-0.3, -0.25) is 0 Å². The smallest absolute Gasteiger partial charge is 0.196 e. The summed E-state index contributed by atoms with van der Waals surface area (Å²) < 4.78 is 59.0. The minimum atomic E-state index is -5.41. The van der Waals surface area contributed by atoms with E-state index in [0.29, 0.717) is 0 Å². The molecular formula is C6H9F5. The van der Waals surface area contributed by atoms with Gasteiger partial charge in [0.2, 0.25) is 0 Å². The molecule has 0 N–H and O–H groups in total. The third-order valence-corrected chi connectivity index (χ3v) is 1.61. The van der Waals surface area contributed by atoms with Gasteiger partial charge in [0.25, 0.3) is 0 Å². The minimum absolute atomic E-state index is 0.188. The molecule has 0 rings (SSSR count). The molecule has 0 aliphatic rings. The third-order valence-electron chi connectivity index (χ3n) is 1.61. The lowest BCUT2D eigenvalue weighted by atomic mass is 10.0. The predicted molar refractivity (Wildman–Crippen MR) is 30.5 cm³/mol. The fraction of sp³-hybridized carbons (Fsp3) is 1.00. The Kier molecular flexibility index (Phi) is 2.85. The van der Waals surface area contributed by atoms with Crippen molar-refractivity contribution in [3.63, 3.8) is 0 Å². The van der Waals surface area contributed by atoms with E-state index in [1.54, 1.807) is 0 Å². The van der Waals surface area contributed by atoms with Gasteiger partial charge in [0.05, 0.1) is 0 Å². The average Bonchev–Trinajstić information content (AvgIpc) is 1.83. The predicted octanol–water partition coefficient (Wildman–Crippen LogP) is 3.23. The van der Waals surface area contributed by atoms with E-state index in [2.05, 4.69) is 0 Å². The Balaban J connectivity index is 4.45. The molecule has 0 saturated carbocycles. The molecule has 0 fully saturated rings. The lowest BCUT2D eigenvalue weighted by Crippen LogP contribution is -2.41. The van der Waals surface area contributed by atoms with Crippen molar-refractivity contribution in [1.82, 2.24) is 0 Å². The molecule has 0 aromatic heterocycles. The second-order valence-corrected chi connectivity index (χ2v) is 2.43. The van der Waals surface area contributed by atoms with E-state index < -0.39 is 18.0 Å². The SMILES string of the molecule is CC[C@@H](C)C(F)(F)C(F)(F)F. The Hall–Kier alpha value is -0.350. The maximum absolute atomic E-state index is 12.2. The molecule has 0 aliphatic heterocycles. The van der Waals surface area contributed by atoms with Crippen LogP contribution in [0.5, 0.6) is 0 Å². The van der Waals surface area contributed by atoms with Gasteiger partial charge in [-0.05, 0) is 6.42 Å². The number of rotatable bonds is 2. The molecular weight excluding hydrogens is 167 g/mol. The van der Waals surface area contributed by atoms with Crippen LogP contribution in [0.4, 0.5) is 22.0 Å². The summed E-state index contributed by atoms with van der Waals surface area (Å²) in [5.74, 6) is -6.20. The Morgan fingerprint density at radius 1 is 1.09 bits per heavy atom. The Morgan fingerprint density at radius 3 is 1.55 bits per heavy atom. The highest BCUT2D eigenvalue weighted by molar-refractivity contribution is 4.80. The number of hydrogen-bond donors (Lipinski definition) is 0. The van der Waals surface area contributed by atoms with Crippen LogP contribution < -0.4 is 0 Å². The van der Waals surface area contributed by atoms with E-state index in [-0.39, 0.29) is 6.42 Å². The van der Waals surface area contributed by atoms with Gasteiger partial charge in [0.15, 0.2) is 0 Å². The first-order valence-electron chi connectivity index (χ1n) is 3.18. The van der Waals surface area contributed by atoms with Crippen LogP contribution in [0.2, 0.25) is 0 Å². The maximum Gasteiger partial charge on any atom is 0.453 e. The van der Waals surface area contributed by atoms with Crippen molar-refractivity contribution in [3.8, 4) is 0 Å². The summed E-state index contributed by atoms with van der Waals surface area (Å²) in [6, 6.07) is 0. The van der Waals surface area contributed by atoms with E-state index >= 15 is 0 Å². The summed E-state index contributed by atoms with van der Waals surface area (Å²) in [6.45, 7) is 2.18. The van der Waals surface area contributed by atoms with Gasteiger partial charge >= 0.3 is 12.1 Å². The fourth-order valence-corrected chi connectivity index (χ4v) is 0.536. The molecule has 0 aliphatic carbocycles. The molecule has 0 nitrogen and oxygen atoms in total. The van der Waals surface area contributed by atoms with Crippen molar-refractivity contribution in [2.75, 3.05) is 0 Å². The maximum atomic E-state index is 12.2. The average molecular weight is 176 g/mol. The molecule has 0 amide bonds. The van der Waals surface area contributed by atoms with Crippen LogP contribution >= 0.6 is 0 Å². The number of alkyl halides is 5. The first-order valence-corrected chi connectivity index (χ1v) is 3.18. The molecule has 0 spiro atoms. The van der Waals surface area contributed by atoms with E-state index in [1.807, 2.05) is 0 Å². The monoisotopic (exact) mass is 176 g/mol. The highest BCUT2D eigenvalue weighted by atomic mass is 19.4. The molecule has 68 valence electrons. The standard InChI is InChI=1S/C6H9F5/c1-3-4(2)5(7,8)6(9,10)11/h4H,3H2,1-2H3/t4-/m1/s1. The minimum Gasteiger partial charge on any atom is -0.196 e. The van der Waals surface area contributed by atoms with Crippen molar-refractivity contribution in [2.24, 2.45) is 5.92 Å². The van der Waals surface area contributed by atoms with Gasteiger partial charge in [-0.1, -0.05) is 13.8 Å². The largest absolute Gasteiger partial charge is 0.453 e. The van der Waals surface area contributed by atoms with Crippen LogP contribution in [0.1, 0.15) is 20.3 Å². The molecule has 0 aromatic carbocycles. The summed E-state index contributed by atoms with van der Waals surface area (Å²) in [5, 5.41) is 0. The van der Waals surface area contributed by atoms with Crippen LogP contribution in [0.15, 0.2) is 0 Å². The molecule has 0 aromatic rings. The first-order chi connectivity index (χ1) is 4.73. The Morgan fingerprint density at radius 2 is 1.45 bits per heavy atom. The van der Waals surface area contributed by atoms with Gasteiger partial charge in [0, 0.05) is 5.92 Å². The summed E-state index contributed by atoms with van der Waals surface area (Å²) in [6.07, 6.45) is -5.60. The summed E-state index contributed by atoms with van der Waals surface area (Å²) in [4.78, 5) is 0. The van der Waals surface area contributed by atoms with Crippen LogP contribution in [0.25, 0.3) is 0 Å². The van der Waals surface area contributed by atoms with Crippen LogP contribution in [0, 0.1) is 5.92 Å². The fourth-order valence-electron chi connectivity index (χ4n) is 0.536. The van der Waals surface area contributed by atoms with Crippen molar-refractivity contribution in [2.45, 2.75) is 32.4 Å². The molecule has 0 unspecified atom stereocenters. The molecule has 1 atom stereocenters. The zero-order valence-electron chi connectivity index (χ0n) is 6.17. The molecule has 5 heteroatoms. The topological polar surface area (TPSA) is 0 Å². The number of halogens is 5. The van der Waals surface area contributed by atoms with E-state index in [4.69, 9.17) is 0 Å². The molecule has 0 saturated heterocycles. The van der Waals surface area contributed by atoms with Crippen molar-refractivity contribution in [1.29, 1.82) is 0 Å². The second-order valence-electron chi connectivity index (χ2n) is 2.43. The van der Waals surface area contributed by atoms with Gasteiger partial charge in [-0.15, -0.1) is 0 Å². The summed E-state index contributed by atoms with van der Waals surface area (Å²) >= 11 is 0. The van der Waals surface area contributed by atoms with Gasteiger partial charge < -0.3 is 0 Å². The molecule has 11 heavy (non-hydrogen) atoms. The van der Waals surface area contributed by atoms with E-state index in [1.165, 1.54) is 6.92 Å². The van der Waals surface area contributed by atoms with Crippen LogP contribution in [-0.4, -0.2) is 12.1 Å². The van der Waals surface area contributed by atoms with E-state index in [9.17, 15) is 22.0 Å². The van der Waals surface area contributed by atoms with Gasteiger partial charge in [-0.2, -0.15) is 22.0 Å². The Labute approximate surface area is 61.4 Å². The highest BCUT2D eigenvalue weighted by Crippen LogP contribution is 2.42. The van der Waals surface area contributed by atoms with Crippen molar-refractivity contribution < 1.29 is 22.0 Å². The molecule has 0 heterocycles. The summed E-state index contributed by atoms with van der Waals surface area (Å²) in [5.41, 5.74) is 0. The lowest BCUT2D eigenvalue weighted by molar-refractivity contribution is -0.300. The molecule has 0 bridgehead atoms. The highest BCUT2D eigenvalue weighted by Gasteiger charge is 2.59. The second kappa shape index (κ2) is 2.95. The molecule has 0 radical (unpaired) electrons. The Bertz CT molecular complexity index is 125. The van der Waals surface area contributed by atoms with Gasteiger partial charge in [0.1, 0.15) is 0 Å². The zero-order valence-corrected chi connectivity index (χ0v) is 6.17. The lowest BCUT2D eigenvalue weighted by Gasteiger charge is -2.24. The van der Waals surface area contributed by atoms with Crippen molar-refractivity contribution in [3.05, 3.63) is 0 Å². The quantitative estimate of drug-likeness (QED) is 0.566. The normalized spacial score (nSPS) is 16.6. The number of hydrogen-bond acceptors (Lipinski definition) is 0. The van der Waals surface area contributed by atoms with E-state index in [0.717, 1.165) is 6.92 Å². The van der Waals surface area contributed by atoms with Crippen LogP contribution in [-0.2, 0) is 0 Å². The first kappa shape index (κ1) is 10.7. The third kappa shape index (κ3) is 2.04. The summed E-state index contributed by atoms with van der Waals surface area (Å²) in [7, 11) is 0. The van der Waals surface area contributed by atoms with Crippen molar-refractivity contribution >= 4 is 0 Å². The van der Waals surface area contributed by atoms with Gasteiger partial charge in [-0.25, -0.2) is 0 Å². The van der Waals surface area contributed by atoms with Crippen LogP contribution in [0.3, 0.4) is 0 Å².